The summed E-state index contributed by atoms with van der Waals surface area (Å²) in [5.74, 6) is -3.52. The summed E-state index contributed by atoms with van der Waals surface area (Å²) in [6.45, 7) is 4.41. The summed E-state index contributed by atoms with van der Waals surface area (Å²) in [6, 6.07) is -1.45. The highest BCUT2D eigenvalue weighted by Gasteiger charge is 2.23. The molecule has 0 aromatic carbocycles. The molecule has 9 heteroatoms. The number of unbranched alkanes of at least 4 members (excludes halogenated alkanes) is 16. The van der Waals surface area contributed by atoms with E-state index in [-0.39, 0.29) is 12.4 Å². The molecule has 0 saturated heterocycles. The molecule has 0 radical (unpaired) electrons. The first-order chi connectivity index (χ1) is 18.8. The van der Waals surface area contributed by atoms with Crippen LogP contribution in [-0.2, 0) is 23.9 Å². The minimum absolute atomic E-state index is 0.104. The second kappa shape index (κ2) is 26.1. The Labute approximate surface area is 236 Å². The quantitative estimate of drug-likeness (QED) is 0.0475. The van der Waals surface area contributed by atoms with E-state index in [4.69, 9.17) is 14.9 Å². The maximum absolute atomic E-state index is 12.5. The van der Waals surface area contributed by atoms with Crippen molar-refractivity contribution in [3.05, 3.63) is 0 Å². The van der Waals surface area contributed by atoms with Crippen LogP contribution in [0.5, 0.6) is 0 Å². The van der Waals surface area contributed by atoms with Gasteiger partial charge in [-0.15, -0.1) is 0 Å². The zero-order valence-corrected chi connectivity index (χ0v) is 24.6. The number of hydrogen-bond acceptors (Lipinski definition) is 6. The number of carboxylic acid groups (broad SMARTS) is 2. The molecule has 1 amide bonds. The van der Waals surface area contributed by atoms with Gasteiger partial charge in [0.1, 0.15) is 12.1 Å². The minimum Gasteiger partial charge on any atom is -0.481 e. The van der Waals surface area contributed by atoms with Crippen LogP contribution in [0.1, 0.15) is 155 Å². The lowest BCUT2D eigenvalue weighted by Crippen LogP contribution is -2.49. The molecule has 0 aliphatic rings. The Bertz CT molecular complexity index is 657. The molecular formula is C30H56N2O7. The molecule has 0 aliphatic carbocycles. The molecule has 0 fully saturated rings. The number of nitrogens with one attached hydrogen (secondary N) is 2. The van der Waals surface area contributed by atoms with E-state index in [2.05, 4.69) is 24.7 Å². The second-order valence-electron chi connectivity index (χ2n) is 10.7. The van der Waals surface area contributed by atoms with Crippen LogP contribution in [0.3, 0.4) is 0 Å². The molecule has 0 bridgehead atoms. The van der Waals surface area contributed by atoms with Crippen molar-refractivity contribution in [2.24, 2.45) is 0 Å². The molecule has 0 heterocycles. The van der Waals surface area contributed by atoms with Crippen LogP contribution in [0.4, 0.5) is 0 Å². The van der Waals surface area contributed by atoms with Gasteiger partial charge in [0.15, 0.2) is 0 Å². The highest BCUT2D eigenvalue weighted by molar-refractivity contribution is 5.82. The van der Waals surface area contributed by atoms with E-state index in [9.17, 15) is 19.2 Å². The zero-order valence-electron chi connectivity index (χ0n) is 24.6. The van der Waals surface area contributed by atoms with Gasteiger partial charge in [-0.1, -0.05) is 117 Å². The SMILES string of the molecule is CCCCCCCCCCCC(=O)OC(CCCCCCCCCCC)CC(=O)NN[C@@H](CC(=O)O)C(=O)O. The minimum atomic E-state index is -1.45. The monoisotopic (exact) mass is 556 g/mol. The van der Waals surface area contributed by atoms with E-state index in [0.29, 0.717) is 12.8 Å². The molecule has 9 nitrogen and oxygen atoms in total. The molecule has 0 spiro atoms. The molecule has 0 aliphatic heterocycles. The Kier molecular flexibility index (Phi) is 24.6. The average Bonchev–Trinajstić information content (AvgIpc) is 2.88. The van der Waals surface area contributed by atoms with Crippen molar-refractivity contribution in [1.29, 1.82) is 0 Å². The van der Waals surface area contributed by atoms with E-state index >= 15 is 0 Å². The molecule has 0 aromatic rings. The van der Waals surface area contributed by atoms with Crippen molar-refractivity contribution in [2.75, 3.05) is 0 Å². The number of hydrogen-bond donors (Lipinski definition) is 4. The predicted molar refractivity (Wildman–Crippen MR) is 153 cm³/mol. The molecule has 2 atom stereocenters. The van der Waals surface area contributed by atoms with Gasteiger partial charge in [-0.2, -0.15) is 0 Å². The molecule has 0 saturated carbocycles. The van der Waals surface area contributed by atoms with Crippen LogP contribution < -0.4 is 10.9 Å². The Morgan fingerprint density at radius 2 is 1.10 bits per heavy atom. The van der Waals surface area contributed by atoms with Crippen LogP contribution in [0.2, 0.25) is 0 Å². The van der Waals surface area contributed by atoms with Gasteiger partial charge in [-0.25, -0.2) is 5.43 Å². The molecule has 0 rings (SSSR count). The smallest absolute Gasteiger partial charge is 0.323 e. The van der Waals surface area contributed by atoms with Crippen LogP contribution in [-0.4, -0.2) is 46.2 Å². The van der Waals surface area contributed by atoms with Crippen molar-refractivity contribution < 1.29 is 34.1 Å². The van der Waals surface area contributed by atoms with E-state index in [0.717, 1.165) is 38.5 Å². The van der Waals surface area contributed by atoms with Crippen molar-refractivity contribution >= 4 is 23.8 Å². The first-order valence-electron chi connectivity index (χ1n) is 15.5. The fraction of sp³-hybridized carbons (Fsp3) is 0.867. The molecule has 4 N–H and O–H groups in total. The Balaban J connectivity index is 4.50. The molecule has 228 valence electrons. The fourth-order valence-corrected chi connectivity index (χ4v) is 4.51. The third kappa shape index (κ3) is 24.6. The van der Waals surface area contributed by atoms with Gasteiger partial charge in [-0.3, -0.25) is 24.6 Å². The number of aliphatic carboxylic acids is 2. The standard InChI is InChI=1S/C30H56N2O7/c1-3-5-7-9-11-13-15-17-19-21-25(23-27(33)32-31-26(30(37)38)24-28(34)35)39-29(36)22-20-18-16-14-12-10-8-6-4-2/h25-26,31H,3-24H2,1-2H3,(H,32,33)(H,34,35)(H,37,38)/t25?,26-/m0/s1. The first kappa shape index (κ1) is 36.8. The summed E-state index contributed by atoms with van der Waals surface area (Å²) in [4.78, 5) is 46.9. The number of carbonyl (C=O) groups is 4. The topological polar surface area (TPSA) is 142 Å². The van der Waals surface area contributed by atoms with Crippen molar-refractivity contribution in [3.8, 4) is 0 Å². The Morgan fingerprint density at radius 1 is 0.641 bits per heavy atom. The lowest BCUT2D eigenvalue weighted by Gasteiger charge is -2.19. The third-order valence-electron chi connectivity index (χ3n) is 6.89. The number of hydrazine groups is 1. The first-order valence-corrected chi connectivity index (χ1v) is 15.5. The number of carboxylic acids is 2. The van der Waals surface area contributed by atoms with E-state index in [1.54, 1.807) is 0 Å². The molecule has 39 heavy (non-hydrogen) atoms. The number of rotatable bonds is 28. The highest BCUT2D eigenvalue weighted by Crippen LogP contribution is 2.16. The maximum atomic E-state index is 12.5. The number of esters is 1. The van der Waals surface area contributed by atoms with Gasteiger partial charge in [0, 0.05) is 6.42 Å². The van der Waals surface area contributed by atoms with Crippen molar-refractivity contribution in [3.63, 3.8) is 0 Å². The van der Waals surface area contributed by atoms with Gasteiger partial charge in [-0.05, 0) is 19.3 Å². The zero-order chi connectivity index (χ0) is 29.1. The predicted octanol–water partition coefficient (Wildman–Crippen LogP) is 6.68. The maximum Gasteiger partial charge on any atom is 0.323 e. The Hall–Kier alpha value is -2.16. The summed E-state index contributed by atoms with van der Waals surface area (Å²) >= 11 is 0. The number of amides is 1. The fourth-order valence-electron chi connectivity index (χ4n) is 4.51. The average molecular weight is 557 g/mol. The summed E-state index contributed by atoms with van der Waals surface area (Å²) in [5, 5.41) is 18.0. The summed E-state index contributed by atoms with van der Waals surface area (Å²) in [7, 11) is 0. The third-order valence-corrected chi connectivity index (χ3v) is 6.89. The van der Waals surface area contributed by atoms with Gasteiger partial charge >= 0.3 is 17.9 Å². The van der Waals surface area contributed by atoms with Crippen molar-refractivity contribution in [2.45, 2.75) is 167 Å². The van der Waals surface area contributed by atoms with Gasteiger partial charge < -0.3 is 14.9 Å². The lowest BCUT2D eigenvalue weighted by atomic mass is 10.0. The molecule has 0 aromatic heterocycles. The lowest BCUT2D eigenvalue weighted by molar-refractivity contribution is -0.151. The van der Waals surface area contributed by atoms with Crippen LogP contribution in [0, 0.1) is 0 Å². The van der Waals surface area contributed by atoms with Crippen LogP contribution in [0.25, 0.3) is 0 Å². The van der Waals surface area contributed by atoms with E-state index < -0.39 is 36.4 Å². The second-order valence-corrected chi connectivity index (χ2v) is 10.7. The Morgan fingerprint density at radius 3 is 1.56 bits per heavy atom. The number of ether oxygens (including phenoxy) is 1. The van der Waals surface area contributed by atoms with Crippen LogP contribution in [0.15, 0.2) is 0 Å². The van der Waals surface area contributed by atoms with Crippen LogP contribution >= 0.6 is 0 Å². The summed E-state index contributed by atoms with van der Waals surface area (Å²) < 4.78 is 5.65. The molecule has 1 unspecified atom stereocenters. The molecular weight excluding hydrogens is 500 g/mol. The van der Waals surface area contributed by atoms with E-state index in [1.165, 1.54) is 77.0 Å². The number of carbonyl (C=O) groups excluding carboxylic acids is 2. The largest absolute Gasteiger partial charge is 0.481 e. The summed E-state index contributed by atoms with van der Waals surface area (Å²) in [6.07, 6.45) is 20.3. The van der Waals surface area contributed by atoms with Gasteiger partial charge in [0.05, 0.1) is 12.8 Å². The van der Waals surface area contributed by atoms with E-state index in [1.807, 2.05) is 0 Å². The highest BCUT2D eigenvalue weighted by atomic mass is 16.5. The van der Waals surface area contributed by atoms with Gasteiger partial charge in [0.2, 0.25) is 5.91 Å². The summed E-state index contributed by atoms with van der Waals surface area (Å²) in [5.41, 5.74) is 4.53. The normalized spacial score (nSPS) is 12.6. The van der Waals surface area contributed by atoms with Gasteiger partial charge in [0.25, 0.3) is 0 Å². The van der Waals surface area contributed by atoms with Crippen molar-refractivity contribution in [1.82, 2.24) is 10.9 Å².